The van der Waals surface area contributed by atoms with E-state index in [0.717, 1.165) is 103 Å². The molecule has 60 heavy (non-hydrogen) atoms. The lowest BCUT2D eigenvalue weighted by Gasteiger charge is -2.18. The fourth-order valence-electron chi connectivity index (χ4n) is 7.17. The summed E-state index contributed by atoms with van der Waals surface area (Å²) in [5, 5.41) is 0. The van der Waals surface area contributed by atoms with Crippen LogP contribution in [0.15, 0.2) is 48.6 Å². The number of unbranched alkanes of at least 4 members (excludes halogenated alkanes) is 27. The van der Waals surface area contributed by atoms with Gasteiger partial charge in [0.1, 0.15) is 13.2 Å². The molecule has 0 fully saturated rings. The van der Waals surface area contributed by atoms with Crippen molar-refractivity contribution in [3.05, 3.63) is 48.6 Å². The SMILES string of the molecule is CC/C=C\C/C=C\CCCCCCCC(=O)OCC(COC(=O)CCCCCCCCC/C=C\CCCCCCCC)OC(=O)CCCCC/C=C\CCCCCCCC. The molecule has 1 atom stereocenters. The first-order valence-corrected chi connectivity index (χ1v) is 25.6. The van der Waals surface area contributed by atoms with Gasteiger partial charge in [-0.05, 0) is 96.3 Å². The lowest BCUT2D eigenvalue weighted by molar-refractivity contribution is -0.167. The molecular formula is C54H96O6. The maximum atomic E-state index is 12.8. The molecule has 6 heteroatoms. The van der Waals surface area contributed by atoms with Gasteiger partial charge in [-0.1, -0.05) is 191 Å². The van der Waals surface area contributed by atoms with E-state index in [0.29, 0.717) is 19.3 Å². The van der Waals surface area contributed by atoms with Crippen molar-refractivity contribution in [2.75, 3.05) is 13.2 Å². The first kappa shape index (κ1) is 57.4. The number of carbonyl (C=O) groups excluding carboxylic acids is 3. The van der Waals surface area contributed by atoms with Gasteiger partial charge in [0.2, 0.25) is 0 Å². The molecule has 0 heterocycles. The number of ether oxygens (including phenoxy) is 3. The molecule has 0 rings (SSSR count). The molecule has 0 N–H and O–H groups in total. The second-order valence-corrected chi connectivity index (χ2v) is 17.0. The monoisotopic (exact) mass is 841 g/mol. The highest BCUT2D eigenvalue weighted by atomic mass is 16.6. The third-order valence-electron chi connectivity index (χ3n) is 11.0. The summed E-state index contributed by atoms with van der Waals surface area (Å²) in [7, 11) is 0. The minimum Gasteiger partial charge on any atom is -0.462 e. The van der Waals surface area contributed by atoms with Crippen molar-refractivity contribution in [3.8, 4) is 0 Å². The maximum Gasteiger partial charge on any atom is 0.306 e. The van der Waals surface area contributed by atoms with Crippen molar-refractivity contribution in [2.45, 2.75) is 264 Å². The molecule has 0 saturated heterocycles. The Bertz CT molecular complexity index is 1060. The Morgan fingerprint density at radius 1 is 0.350 bits per heavy atom. The van der Waals surface area contributed by atoms with Crippen molar-refractivity contribution in [3.63, 3.8) is 0 Å². The van der Waals surface area contributed by atoms with E-state index in [4.69, 9.17) is 14.2 Å². The summed E-state index contributed by atoms with van der Waals surface area (Å²) in [5.74, 6) is -0.916. The Hall–Kier alpha value is -2.63. The summed E-state index contributed by atoms with van der Waals surface area (Å²) in [6, 6.07) is 0. The number of esters is 3. The van der Waals surface area contributed by atoms with Crippen LogP contribution in [0.25, 0.3) is 0 Å². The average molecular weight is 841 g/mol. The Labute approximate surface area is 371 Å². The fraction of sp³-hybridized carbons (Fsp3) is 0.796. The minimum atomic E-state index is -0.786. The van der Waals surface area contributed by atoms with Crippen LogP contribution in [-0.2, 0) is 28.6 Å². The van der Waals surface area contributed by atoms with Crippen LogP contribution >= 0.6 is 0 Å². The first-order chi connectivity index (χ1) is 29.5. The van der Waals surface area contributed by atoms with E-state index < -0.39 is 6.10 Å². The highest BCUT2D eigenvalue weighted by molar-refractivity contribution is 5.71. The number of hydrogen-bond acceptors (Lipinski definition) is 6. The van der Waals surface area contributed by atoms with Crippen molar-refractivity contribution >= 4 is 17.9 Å². The van der Waals surface area contributed by atoms with E-state index in [-0.39, 0.29) is 31.1 Å². The Morgan fingerprint density at radius 2 is 0.650 bits per heavy atom. The molecular weight excluding hydrogens is 745 g/mol. The fourth-order valence-corrected chi connectivity index (χ4v) is 7.17. The third-order valence-corrected chi connectivity index (χ3v) is 11.0. The van der Waals surface area contributed by atoms with Crippen molar-refractivity contribution in [2.24, 2.45) is 0 Å². The topological polar surface area (TPSA) is 78.9 Å². The van der Waals surface area contributed by atoms with Gasteiger partial charge < -0.3 is 14.2 Å². The molecule has 0 aliphatic carbocycles. The van der Waals surface area contributed by atoms with Gasteiger partial charge in [-0.2, -0.15) is 0 Å². The molecule has 0 saturated carbocycles. The zero-order chi connectivity index (χ0) is 43.7. The van der Waals surface area contributed by atoms with E-state index >= 15 is 0 Å². The molecule has 0 aliphatic rings. The second kappa shape index (κ2) is 49.0. The zero-order valence-corrected chi connectivity index (χ0v) is 39.7. The summed E-state index contributed by atoms with van der Waals surface area (Å²) in [6.45, 7) is 6.50. The smallest absolute Gasteiger partial charge is 0.306 e. The van der Waals surface area contributed by atoms with E-state index in [1.54, 1.807) is 0 Å². The summed E-state index contributed by atoms with van der Waals surface area (Å²) in [6.07, 6.45) is 58.1. The number of allylic oxidation sites excluding steroid dienone is 8. The van der Waals surface area contributed by atoms with Gasteiger partial charge >= 0.3 is 17.9 Å². The van der Waals surface area contributed by atoms with Crippen LogP contribution in [0.5, 0.6) is 0 Å². The first-order valence-electron chi connectivity index (χ1n) is 25.6. The number of rotatable bonds is 46. The van der Waals surface area contributed by atoms with Crippen LogP contribution in [0.2, 0.25) is 0 Å². The molecule has 0 spiro atoms. The third kappa shape index (κ3) is 46.4. The van der Waals surface area contributed by atoms with Gasteiger partial charge in [0.15, 0.2) is 6.10 Å². The predicted molar refractivity (Wildman–Crippen MR) is 256 cm³/mol. The quantitative estimate of drug-likeness (QED) is 0.0263. The molecule has 0 aliphatic heterocycles. The molecule has 0 bridgehead atoms. The number of carbonyl (C=O) groups is 3. The summed E-state index contributed by atoms with van der Waals surface area (Å²) >= 11 is 0. The summed E-state index contributed by atoms with van der Waals surface area (Å²) in [4.78, 5) is 37.9. The molecule has 6 nitrogen and oxygen atoms in total. The van der Waals surface area contributed by atoms with Crippen LogP contribution in [0.3, 0.4) is 0 Å². The lowest BCUT2D eigenvalue weighted by Crippen LogP contribution is -2.30. The minimum absolute atomic E-state index is 0.0853. The second-order valence-electron chi connectivity index (χ2n) is 17.0. The number of hydrogen-bond donors (Lipinski definition) is 0. The summed E-state index contributed by atoms with van der Waals surface area (Å²) in [5.41, 5.74) is 0. The van der Waals surface area contributed by atoms with Crippen molar-refractivity contribution in [1.82, 2.24) is 0 Å². The summed E-state index contributed by atoms with van der Waals surface area (Å²) < 4.78 is 16.8. The van der Waals surface area contributed by atoms with Gasteiger partial charge in [-0.3, -0.25) is 14.4 Å². The van der Waals surface area contributed by atoms with Gasteiger partial charge in [0.25, 0.3) is 0 Å². The molecule has 0 radical (unpaired) electrons. The van der Waals surface area contributed by atoms with E-state index in [1.165, 1.54) is 116 Å². The van der Waals surface area contributed by atoms with E-state index in [2.05, 4.69) is 69.4 Å². The zero-order valence-electron chi connectivity index (χ0n) is 39.7. The Kier molecular flexibility index (Phi) is 46.9. The lowest BCUT2D eigenvalue weighted by atomic mass is 10.1. The van der Waals surface area contributed by atoms with E-state index in [1.807, 2.05) is 0 Å². The van der Waals surface area contributed by atoms with Crippen LogP contribution in [-0.4, -0.2) is 37.2 Å². The van der Waals surface area contributed by atoms with Crippen LogP contribution < -0.4 is 0 Å². The molecule has 0 aromatic carbocycles. The van der Waals surface area contributed by atoms with Crippen molar-refractivity contribution in [1.29, 1.82) is 0 Å². The largest absolute Gasteiger partial charge is 0.462 e. The molecule has 0 aromatic rings. The van der Waals surface area contributed by atoms with Crippen molar-refractivity contribution < 1.29 is 28.6 Å². The maximum absolute atomic E-state index is 12.8. The molecule has 0 amide bonds. The normalized spacial score (nSPS) is 12.4. The van der Waals surface area contributed by atoms with Crippen LogP contribution in [0.4, 0.5) is 0 Å². The highest BCUT2D eigenvalue weighted by Crippen LogP contribution is 2.14. The Morgan fingerprint density at radius 3 is 1.03 bits per heavy atom. The van der Waals surface area contributed by atoms with E-state index in [9.17, 15) is 14.4 Å². The van der Waals surface area contributed by atoms with Gasteiger partial charge in [0, 0.05) is 19.3 Å². The standard InChI is InChI=1S/C54H96O6/c1-4-7-10-13-16-19-22-25-26-27-28-30-32-35-38-41-44-47-53(56)59-50-51(49-58-52(55)46-43-40-37-34-31-24-21-18-15-12-9-6-3)60-54(57)48-45-42-39-36-33-29-23-20-17-14-11-8-5-2/h9,12,18,21,25-26,29,33,51H,4-8,10-11,13-17,19-20,22-24,27-28,30-32,34-50H2,1-3H3/b12-9-,21-18-,26-25-,33-29-. The van der Waals surface area contributed by atoms with Crippen LogP contribution in [0.1, 0.15) is 258 Å². The van der Waals surface area contributed by atoms with Gasteiger partial charge in [-0.15, -0.1) is 0 Å². The molecule has 348 valence electrons. The average Bonchev–Trinajstić information content (AvgIpc) is 3.24. The Balaban J connectivity index is 4.38. The molecule has 1 unspecified atom stereocenters. The van der Waals surface area contributed by atoms with Crippen LogP contribution in [0, 0.1) is 0 Å². The predicted octanol–water partition coefficient (Wildman–Crippen LogP) is 16.7. The van der Waals surface area contributed by atoms with Gasteiger partial charge in [0.05, 0.1) is 0 Å². The molecule has 0 aromatic heterocycles. The highest BCUT2D eigenvalue weighted by Gasteiger charge is 2.19. The van der Waals surface area contributed by atoms with Gasteiger partial charge in [-0.25, -0.2) is 0 Å².